The maximum atomic E-state index is 11.6. The van der Waals surface area contributed by atoms with Crippen molar-refractivity contribution in [3.63, 3.8) is 0 Å². The molecule has 1 rings (SSSR count). The number of aryl methyl sites for hydroxylation is 1. The Hall–Kier alpha value is -1.36. The Bertz CT molecular complexity index is 305. The number of carbonyl (C=O) groups is 1. The highest BCUT2D eigenvalue weighted by atomic mass is 16.3. The van der Waals surface area contributed by atoms with E-state index in [0.29, 0.717) is 12.1 Å². The quantitative estimate of drug-likeness (QED) is 0.709. The van der Waals surface area contributed by atoms with Gasteiger partial charge in [-0.2, -0.15) is 5.10 Å². The van der Waals surface area contributed by atoms with Crippen LogP contribution in [0, 0.1) is 0 Å². The van der Waals surface area contributed by atoms with Crippen LogP contribution in [-0.2, 0) is 7.05 Å². The largest absolute Gasteiger partial charge is 0.394 e. The van der Waals surface area contributed by atoms with Gasteiger partial charge in [-0.3, -0.25) is 9.48 Å². The normalized spacial score (nSPS) is 12.5. The van der Waals surface area contributed by atoms with Crippen LogP contribution in [0.3, 0.4) is 0 Å². The predicted octanol–water partition coefficient (Wildman–Crippen LogP) is -0.0792. The maximum Gasteiger partial charge on any atom is 0.269 e. The van der Waals surface area contributed by atoms with E-state index >= 15 is 0 Å². The molecular weight excluding hydrogens is 182 g/mol. The van der Waals surface area contributed by atoms with Crippen molar-refractivity contribution in [2.24, 2.45) is 7.05 Å². The monoisotopic (exact) mass is 197 g/mol. The predicted molar refractivity (Wildman–Crippen MR) is 51.8 cm³/mol. The van der Waals surface area contributed by atoms with E-state index in [1.165, 1.54) is 4.68 Å². The molecule has 0 fully saturated rings. The second-order valence-electron chi connectivity index (χ2n) is 3.10. The summed E-state index contributed by atoms with van der Waals surface area (Å²) < 4.78 is 1.50. The number of nitrogens with zero attached hydrogens (tertiary/aromatic N) is 2. The first-order valence-corrected chi connectivity index (χ1v) is 4.58. The maximum absolute atomic E-state index is 11.6. The Balaban J connectivity index is 2.63. The van der Waals surface area contributed by atoms with Gasteiger partial charge in [0.2, 0.25) is 0 Å². The van der Waals surface area contributed by atoms with E-state index in [2.05, 4.69) is 10.4 Å². The number of hydrogen-bond acceptors (Lipinski definition) is 3. The average Bonchev–Trinajstić information content (AvgIpc) is 2.60. The van der Waals surface area contributed by atoms with E-state index in [1.807, 2.05) is 6.92 Å². The highest BCUT2D eigenvalue weighted by Crippen LogP contribution is 1.98. The lowest BCUT2D eigenvalue weighted by atomic mass is 10.2. The van der Waals surface area contributed by atoms with Crippen LogP contribution in [-0.4, -0.2) is 33.4 Å². The molecule has 0 saturated carbocycles. The fourth-order valence-electron chi connectivity index (χ4n) is 1.13. The molecule has 0 saturated heterocycles. The zero-order valence-electron chi connectivity index (χ0n) is 8.40. The van der Waals surface area contributed by atoms with Gasteiger partial charge < -0.3 is 10.4 Å². The van der Waals surface area contributed by atoms with Gasteiger partial charge in [0.1, 0.15) is 5.69 Å². The summed E-state index contributed by atoms with van der Waals surface area (Å²) in [4.78, 5) is 11.6. The zero-order chi connectivity index (χ0) is 10.6. The van der Waals surface area contributed by atoms with Crippen LogP contribution in [0.5, 0.6) is 0 Å². The second kappa shape index (κ2) is 4.76. The minimum atomic E-state index is -0.203. The Morgan fingerprint density at radius 1 is 1.79 bits per heavy atom. The summed E-state index contributed by atoms with van der Waals surface area (Å²) in [6.45, 7) is 1.87. The van der Waals surface area contributed by atoms with Crippen molar-refractivity contribution in [1.29, 1.82) is 0 Å². The number of aromatic nitrogens is 2. The van der Waals surface area contributed by atoms with Crippen molar-refractivity contribution in [3.8, 4) is 0 Å². The van der Waals surface area contributed by atoms with Crippen LogP contribution in [0.25, 0.3) is 0 Å². The van der Waals surface area contributed by atoms with Crippen LogP contribution in [0.15, 0.2) is 12.3 Å². The molecule has 78 valence electrons. The van der Waals surface area contributed by atoms with E-state index in [4.69, 9.17) is 5.11 Å². The molecule has 1 amide bonds. The molecule has 14 heavy (non-hydrogen) atoms. The summed E-state index contributed by atoms with van der Waals surface area (Å²) in [6.07, 6.45) is 2.27. The molecule has 1 aromatic heterocycles. The summed E-state index contributed by atoms with van der Waals surface area (Å²) in [5.41, 5.74) is 0.497. The minimum absolute atomic E-state index is 0.0416. The molecule has 0 aliphatic carbocycles. The van der Waals surface area contributed by atoms with Crippen molar-refractivity contribution < 1.29 is 9.90 Å². The number of carbonyl (C=O) groups excluding carboxylic acids is 1. The fraction of sp³-hybridized carbons (Fsp3) is 0.556. The van der Waals surface area contributed by atoms with Gasteiger partial charge in [-0.25, -0.2) is 0 Å². The summed E-state index contributed by atoms with van der Waals surface area (Å²) in [5, 5.41) is 15.5. The molecule has 0 aliphatic heterocycles. The number of nitrogens with one attached hydrogen (secondary N) is 1. The molecule has 1 unspecified atom stereocenters. The topological polar surface area (TPSA) is 67.2 Å². The van der Waals surface area contributed by atoms with Crippen molar-refractivity contribution >= 4 is 5.91 Å². The molecule has 0 spiro atoms. The smallest absolute Gasteiger partial charge is 0.269 e. The number of hydrogen-bond donors (Lipinski definition) is 2. The summed E-state index contributed by atoms with van der Waals surface area (Å²) in [7, 11) is 1.70. The lowest BCUT2D eigenvalue weighted by Gasteiger charge is -2.13. The van der Waals surface area contributed by atoms with E-state index in [9.17, 15) is 4.79 Å². The average molecular weight is 197 g/mol. The number of aliphatic hydroxyl groups is 1. The van der Waals surface area contributed by atoms with Crippen molar-refractivity contribution in [2.45, 2.75) is 19.4 Å². The molecule has 0 bridgehead atoms. The Labute approximate surface area is 82.7 Å². The first-order valence-electron chi connectivity index (χ1n) is 4.58. The van der Waals surface area contributed by atoms with Gasteiger partial charge in [-0.15, -0.1) is 0 Å². The zero-order valence-corrected chi connectivity index (χ0v) is 8.40. The molecule has 0 radical (unpaired) electrons. The molecule has 1 atom stereocenters. The number of rotatable bonds is 4. The fourth-order valence-corrected chi connectivity index (χ4v) is 1.13. The van der Waals surface area contributed by atoms with E-state index in [0.717, 1.165) is 0 Å². The van der Waals surface area contributed by atoms with Crippen molar-refractivity contribution in [2.75, 3.05) is 6.61 Å². The Morgan fingerprint density at radius 3 is 2.93 bits per heavy atom. The third-order valence-electron chi connectivity index (χ3n) is 2.10. The molecule has 0 aromatic carbocycles. The van der Waals surface area contributed by atoms with Gasteiger partial charge in [-0.1, -0.05) is 6.92 Å². The van der Waals surface area contributed by atoms with E-state index in [1.54, 1.807) is 19.3 Å². The Kier molecular flexibility index (Phi) is 3.64. The van der Waals surface area contributed by atoms with Crippen LogP contribution in [0.2, 0.25) is 0 Å². The molecular formula is C9H15N3O2. The van der Waals surface area contributed by atoms with Gasteiger partial charge >= 0.3 is 0 Å². The van der Waals surface area contributed by atoms with Gasteiger partial charge in [0.25, 0.3) is 5.91 Å². The standard InChI is InChI=1S/C9H15N3O2/c1-3-7(6-13)11-9(14)8-4-5-10-12(8)2/h4-5,7,13H,3,6H2,1-2H3,(H,11,14). The minimum Gasteiger partial charge on any atom is -0.394 e. The summed E-state index contributed by atoms with van der Waals surface area (Å²) in [5.74, 6) is -0.203. The van der Waals surface area contributed by atoms with Crippen LogP contribution in [0.4, 0.5) is 0 Å². The third-order valence-corrected chi connectivity index (χ3v) is 2.10. The van der Waals surface area contributed by atoms with Gasteiger partial charge in [0.15, 0.2) is 0 Å². The van der Waals surface area contributed by atoms with Gasteiger partial charge in [0.05, 0.1) is 12.6 Å². The Morgan fingerprint density at radius 2 is 2.50 bits per heavy atom. The third kappa shape index (κ3) is 2.32. The molecule has 2 N–H and O–H groups in total. The van der Waals surface area contributed by atoms with Crippen LogP contribution >= 0.6 is 0 Å². The van der Waals surface area contributed by atoms with E-state index < -0.39 is 0 Å². The summed E-state index contributed by atoms with van der Waals surface area (Å²) in [6, 6.07) is 1.46. The van der Waals surface area contributed by atoms with Crippen molar-refractivity contribution in [1.82, 2.24) is 15.1 Å². The highest BCUT2D eigenvalue weighted by molar-refractivity contribution is 5.92. The lowest BCUT2D eigenvalue weighted by molar-refractivity contribution is 0.0905. The second-order valence-corrected chi connectivity index (χ2v) is 3.10. The van der Waals surface area contributed by atoms with Gasteiger partial charge in [-0.05, 0) is 12.5 Å². The molecule has 1 aromatic rings. The van der Waals surface area contributed by atoms with Crippen molar-refractivity contribution in [3.05, 3.63) is 18.0 Å². The molecule has 1 heterocycles. The molecule has 5 nitrogen and oxygen atoms in total. The molecule has 5 heteroatoms. The lowest BCUT2D eigenvalue weighted by Crippen LogP contribution is -2.37. The van der Waals surface area contributed by atoms with Crippen LogP contribution in [0.1, 0.15) is 23.8 Å². The SMILES string of the molecule is CCC(CO)NC(=O)c1ccnn1C. The number of amides is 1. The number of aliphatic hydroxyl groups excluding tert-OH is 1. The highest BCUT2D eigenvalue weighted by Gasteiger charge is 2.13. The van der Waals surface area contributed by atoms with Gasteiger partial charge in [0, 0.05) is 13.2 Å². The first-order chi connectivity index (χ1) is 6.69. The van der Waals surface area contributed by atoms with Crippen LogP contribution < -0.4 is 5.32 Å². The first kappa shape index (κ1) is 10.7. The summed E-state index contributed by atoms with van der Waals surface area (Å²) >= 11 is 0. The molecule has 0 aliphatic rings. The van der Waals surface area contributed by atoms with E-state index in [-0.39, 0.29) is 18.6 Å².